The van der Waals surface area contributed by atoms with Crippen molar-refractivity contribution in [1.29, 1.82) is 0 Å². The molecule has 7 nitrogen and oxygen atoms in total. The summed E-state index contributed by atoms with van der Waals surface area (Å²) < 4.78 is 0. The number of aromatic nitrogens is 5. The summed E-state index contributed by atoms with van der Waals surface area (Å²) in [5.74, 6) is 2.36. The maximum absolute atomic E-state index is 5.27. The normalized spacial score (nSPS) is 19.6. The number of piperazine rings is 1. The van der Waals surface area contributed by atoms with Crippen molar-refractivity contribution in [3.05, 3.63) is 42.0 Å². The molecule has 34 heavy (non-hydrogen) atoms. The summed E-state index contributed by atoms with van der Waals surface area (Å²) in [7, 11) is 0. The van der Waals surface area contributed by atoms with E-state index in [0.29, 0.717) is 12.0 Å². The lowest BCUT2D eigenvalue weighted by atomic mass is 9.79. The fourth-order valence-electron chi connectivity index (χ4n) is 5.22. The molecule has 0 radical (unpaired) electrons. The van der Waals surface area contributed by atoms with Crippen LogP contribution in [0.2, 0.25) is 0 Å². The number of nitrogens with zero attached hydrogens (tertiary/aromatic N) is 5. The highest BCUT2D eigenvalue weighted by Gasteiger charge is 2.28. The first-order valence-electron chi connectivity index (χ1n) is 12.5. The fourth-order valence-corrected chi connectivity index (χ4v) is 5.22. The van der Waals surface area contributed by atoms with Gasteiger partial charge in [-0.25, -0.2) is 15.0 Å². The van der Waals surface area contributed by atoms with Gasteiger partial charge in [-0.15, -0.1) is 0 Å². The third-order valence-corrected chi connectivity index (χ3v) is 7.41. The molecule has 2 aliphatic rings. The highest BCUT2D eigenvalue weighted by molar-refractivity contribution is 5.97. The van der Waals surface area contributed by atoms with E-state index >= 15 is 0 Å². The highest BCUT2D eigenvalue weighted by atomic mass is 15.2. The SMILES string of the molecule is CC1CN(c2nc(-c3ccnc4[nH]c(C(C)(C)C)cc34)nc3cncc(C4CCC4)c23)CCN1. The molecular weight excluding hydrogens is 422 g/mol. The van der Waals surface area contributed by atoms with Crippen molar-refractivity contribution in [2.75, 3.05) is 24.5 Å². The molecule has 0 aromatic carbocycles. The zero-order chi connectivity index (χ0) is 23.4. The van der Waals surface area contributed by atoms with Gasteiger partial charge < -0.3 is 15.2 Å². The molecule has 1 saturated carbocycles. The number of rotatable bonds is 3. The fraction of sp³-hybridized carbons (Fsp3) is 0.481. The third-order valence-electron chi connectivity index (χ3n) is 7.41. The van der Waals surface area contributed by atoms with Crippen LogP contribution in [-0.2, 0) is 5.41 Å². The summed E-state index contributed by atoms with van der Waals surface area (Å²) in [5, 5.41) is 5.82. The Morgan fingerprint density at radius 3 is 2.71 bits per heavy atom. The molecule has 4 aromatic rings. The first-order chi connectivity index (χ1) is 16.4. The number of hydrogen-bond acceptors (Lipinski definition) is 6. The predicted molar refractivity (Wildman–Crippen MR) is 137 cm³/mol. The van der Waals surface area contributed by atoms with Crippen LogP contribution in [0.15, 0.2) is 30.7 Å². The molecule has 0 amide bonds. The maximum atomic E-state index is 5.27. The van der Waals surface area contributed by atoms with E-state index in [1.807, 2.05) is 18.5 Å². The minimum atomic E-state index is 0.00586. The monoisotopic (exact) mass is 455 g/mol. The quantitative estimate of drug-likeness (QED) is 0.456. The van der Waals surface area contributed by atoms with Gasteiger partial charge >= 0.3 is 0 Å². The molecule has 1 unspecified atom stereocenters. The Morgan fingerprint density at radius 2 is 1.97 bits per heavy atom. The molecule has 2 fully saturated rings. The van der Waals surface area contributed by atoms with Gasteiger partial charge in [-0.2, -0.15) is 0 Å². The van der Waals surface area contributed by atoms with Crippen LogP contribution < -0.4 is 10.2 Å². The van der Waals surface area contributed by atoms with Gasteiger partial charge in [0, 0.05) is 65.5 Å². The van der Waals surface area contributed by atoms with E-state index in [9.17, 15) is 0 Å². The maximum Gasteiger partial charge on any atom is 0.163 e. The third kappa shape index (κ3) is 3.63. The number of anilines is 1. The molecule has 1 atom stereocenters. The number of hydrogen-bond donors (Lipinski definition) is 2. The van der Waals surface area contributed by atoms with E-state index in [0.717, 1.165) is 59.1 Å². The molecule has 7 heteroatoms. The predicted octanol–water partition coefficient (Wildman–Crippen LogP) is 4.93. The number of nitrogens with one attached hydrogen (secondary N) is 2. The second-order valence-corrected chi connectivity index (χ2v) is 11.0. The Kier molecular flexibility index (Phi) is 5.06. The lowest BCUT2D eigenvalue weighted by Crippen LogP contribution is -2.49. The van der Waals surface area contributed by atoms with Gasteiger partial charge in [0.2, 0.25) is 0 Å². The Bertz CT molecular complexity index is 1360. The summed E-state index contributed by atoms with van der Waals surface area (Å²) in [6.07, 6.45) is 9.56. The van der Waals surface area contributed by atoms with Crippen molar-refractivity contribution in [1.82, 2.24) is 30.2 Å². The second-order valence-electron chi connectivity index (χ2n) is 11.0. The van der Waals surface area contributed by atoms with Gasteiger partial charge in [0.05, 0.1) is 11.7 Å². The number of fused-ring (bicyclic) bond motifs is 2. The zero-order valence-corrected chi connectivity index (χ0v) is 20.5. The first kappa shape index (κ1) is 21.5. The Labute approximate surface area is 200 Å². The molecule has 5 heterocycles. The van der Waals surface area contributed by atoms with Crippen LogP contribution in [0.3, 0.4) is 0 Å². The number of aromatic amines is 1. The van der Waals surface area contributed by atoms with Crippen LogP contribution in [0.1, 0.15) is 64.1 Å². The smallest absolute Gasteiger partial charge is 0.163 e. The average molecular weight is 456 g/mol. The van der Waals surface area contributed by atoms with Crippen LogP contribution in [0.5, 0.6) is 0 Å². The zero-order valence-electron chi connectivity index (χ0n) is 20.5. The summed E-state index contributed by atoms with van der Waals surface area (Å²) in [6.45, 7) is 11.7. The standard InChI is InChI=1S/C27H33N7/c1-16-15-34(11-10-29-16)26-23-20(17-6-5-7-17)13-28-14-21(23)31-25(33-26)18-8-9-30-24-19(18)12-22(32-24)27(2,3)4/h8-9,12-14,16-17,29H,5-7,10-11,15H2,1-4H3,(H,30,32). The van der Waals surface area contributed by atoms with Gasteiger partial charge in [-0.05, 0) is 43.4 Å². The van der Waals surface area contributed by atoms with Gasteiger partial charge in [-0.3, -0.25) is 4.98 Å². The van der Waals surface area contributed by atoms with Gasteiger partial charge in [0.1, 0.15) is 11.5 Å². The minimum absolute atomic E-state index is 0.00586. The summed E-state index contributed by atoms with van der Waals surface area (Å²) >= 11 is 0. The lowest BCUT2D eigenvalue weighted by molar-refractivity contribution is 0.421. The Morgan fingerprint density at radius 1 is 1.12 bits per heavy atom. The summed E-state index contributed by atoms with van der Waals surface area (Å²) in [6, 6.07) is 4.67. The van der Waals surface area contributed by atoms with Crippen molar-refractivity contribution in [3.63, 3.8) is 0 Å². The molecule has 1 saturated heterocycles. The summed E-state index contributed by atoms with van der Waals surface area (Å²) in [5.41, 5.74) is 5.31. The van der Waals surface area contributed by atoms with Gasteiger partial charge in [0.15, 0.2) is 5.82 Å². The van der Waals surface area contributed by atoms with Crippen LogP contribution in [-0.4, -0.2) is 50.6 Å². The molecular formula is C27H33N7. The Balaban J connectivity index is 1.58. The van der Waals surface area contributed by atoms with Crippen molar-refractivity contribution >= 4 is 27.8 Å². The van der Waals surface area contributed by atoms with E-state index < -0.39 is 0 Å². The van der Waals surface area contributed by atoms with E-state index in [-0.39, 0.29) is 5.41 Å². The van der Waals surface area contributed by atoms with Gasteiger partial charge in [0.25, 0.3) is 0 Å². The number of H-pyrrole nitrogens is 1. The Hall–Kier alpha value is -3.06. The lowest BCUT2D eigenvalue weighted by Gasteiger charge is -2.35. The molecule has 0 spiro atoms. The molecule has 176 valence electrons. The largest absolute Gasteiger partial charge is 0.353 e. The highest BCUT2D eigenvalue weighted by Crippen LogP contribution is 2.42. The molecule has 1 aliphatic carbocycles. The van der Waals surface area contributed by atoms with E-state index in [1.54, 1.807) is 0 Å². The first-order valence-corrected chi connectivity index (χ1v) is 12.5. The minimum Gasteiger partial charge on any atom is -0.353 e. The second kappa shape index (κ2) is 8.01. The van der Waals surface area contributed by atoms with E-state index in [4.69, 9.17) is 9.97 Å². The van der Waals surface area contributed by atoms with Crippen LogP contribution in [0.4, 0.5) is 5.82 Å². The van der Waals surface area contributed by atoms with E-state index in [1.165, 1.54) is 30.2 Å². The van der Waals surface area contributed by atoms with Crippen molar-refractivity contribution in [2.45, 2.75) is 64.3 Å². The molecule has 1 aliphatic heterocycles. The average Bonchev–Trinajstić information content (AvgIpc) is 3.22. The molecule has 4 aromatic heterocycles. The molecule has 2 N–H and O–H groups in total. The molecule has 0 bridgehead atoms. The summed E-state index contributed by atoms with van der Waals surface area (Å²) in [4.78, 5) is 25.5. The van der Waals surface area contributed by atoms with Crippen LogP contribution in [0.25, 0.3) is 33.3 Å². The molecule has 6 rings (SSSR count). The van der Waals surface area contributed by atoms with Crippen molar-refractivity contribution in [2.24, 2.45) is 0 Å². The van der Waals surface area contributed by atoms with Crippen LogP contribution in [0, 0.1) is 0 Å². The van der Waals surface area contributed by atoms with E-state index in [2.05, 4.69) is 65.1 Å². The number of pyridine rings is 2. The van der Waals surface area contributed by atoms with Gasteiger partial charge in [-0.1, -0.05) is 27.2 Å². The van der Waals surface area contributed by atoms with Crippen molar-refractivity contribution < 1.29 is 0 Å². The van der Waals surface area contributed by atoms with Crippen LogP contribution >= 0.6 is 0 Å². The topological polar surface area (TPSA) is 82.6 Å². The van der Waals surface area contributed by atoms with Crippen molar-refractivity contribution in [3.8, 4) is 11.4 Å².